The predicted octanol–water partition coefficient (Wildman–Crippen LogP) is 5.26. The molecule has 2 N–H and O–H groups in total. The maximum absolute atomic E-state index is 12.4. The molecule has 0 aliphatic rings. The van der Waals surface area contributed by atoms with Gasteiger partial charge in [-0.3, -0.25) is 4.79 Å². The molecular weight excluding hydrogens is 366 g/mol. The highest BCUT2D eigenvalue weighted by atomic mass is 16.5. The van der Waals surface area contributed by atoms with Crippen LogP contribution in [-0.2, 0) is 0 Å². The Morgan fingerprint density at radius 1 is 0.931 bits per heavy atom. The minimum absolute atomic E-state index is 0.108. The zero-order valence-corrected chi connectivity index (χ0v) is 16.8. The normalized spacial score (nSPS) is 10.5. The number of ether oxygens (including phenoxy) is 2. The van der Waals surface area contributed by atoms with Crippen LogP contribution in [0, 0.1) is 0 Å². The number of anilines is 3. The van der Waals surface area contributed by atoms with Crippen LogP contribution < -0.4 is 20.1 Å². The molecule has 0 aliphatic heterocycles. The number of amides is 1. The number of nitrogens with one attached hydrogen (secondary N) is 2. The van der Waals surface area contributed by atoms with Gasteiger partial charge >= 0.3 is 0 Å². The fourth-order valence-corrected chi connectivity index (χ4v) is 2.64. The summed E-state index contributed by atoms with van der Waals surface area (Å²) in [5.41, 5.74) is 2.06. The van der Waals surface area contributed by atoms with Gasteiger partial charge in [0.1, 0.15) is 17.3 Å². The van der Waals surface area contributed by atoms with Crippen molar-refractivity contribution in [2.75, 3.05) is 17.2 Å². The van der Waals surface area contributed by atoms with Crippen molar-refractivity contribution in [2.24, 2.45) is 0 Å². The molecule has 3 aromatic rings. The minimum Gasteiger partial charge on any atom is -0.494 e. The van der Waals surface area contributed by atoms with Crippen molar-refractivity contribution in [3.05, 3.63) is 72.4 Å². The Bertz CT molecular complexity index is 921. The standard InChI is InChI=1S/C23H25N3O3/c1-4-28-20-10-6-18(7-11-20)25-22-14-5-17(15-24-22)23(27)26-19-8-12-21(13-9-19)29-16(2)3/h5-16H,4H2,1-3H3,(H,24,25)(H,26,27). The van der Waals surface area contributed by atoms with Crippen LogP contribution >= 0.6 is 0 Å². The van der Waals surface area contributed by atoms with Crippen LogP contribution in [0.15, 0.2) is 66.9 Å². The molecule has 0 saturated carbocycles. The molecular formula is C23H25N3O3. The molecule has 1 aromatic heterocycles. The number of hydrogen-bond acceptors (Lipinski definition) is 5. The number of nitrogens with zero attached hydrogens (tertiary/aromatic N) is 1. The van der Waals surface area contributed by atoms with E-state index in [2.05, 4.69) is 15.6 Å². The van der Waals surface area contributed by atoms with E-state index in [1.54, 1.807) is 18.3 Å². The minimum atomic E-state index is -0.220. The van der Waals surface area contributed by atoms with Crippen LogP contribution in [0.4, 0.5) is 17.2 Å². The molecule has 0 spiro atoms. The molecule has 1 amide bonds. The molecule has 29 heavy (non-hydrogen) atoms. The summed E-state index contributed by atoms with van der Waals surface area (Å²) in [6.07, 6.45) is 1.65. The maximum Gasteiger partial charge on any atom is 0.257 e. The van der Waals surface area contributed by atoms with Crippen molar-refractivity contribution in [3.8, 4) is 11.5 Å². The van der Waals surface area contributed by atoms with Crippen LogP contribution in [0.2, 0.25) is 0 Å². The number of carbonyl (C=O) groups excluding carboxylic acids is 1. The van der Waals surface area contributed by atoms with Gasteiger partial charge in [-0.2, -0.15) is 0 Å². The lowest BCUT2D eigenvalue weighted by atomic mass is 10.2. The van der Waals surface area contributed by atoms with Crippen LogP contribution in [-0.4, -0.2) is 23.6 Å². The van der Waals surface area contributed by atoms with Crippen molar-refractivity contribution in [2.45, 2.75) is 26.9 Å². The molecule has 1 heterocycles. The number of benzene rings is 2. The molecule has 150 valence electrons. The fraction of sp³-hybridized carbons (Fsp3) is 0.217. The highest BCUT2D eigenvalue weighted by molar-refractivity contribution is 6.04. The molecule has 6 nitrogen and oxygen atoms in total. The summed E-state index contributed by atoms with van der Waals surface area (Å²) in [5.74, 6) is 2.02. The molecule has 6 heteroatoms. The van der Waals surface area contributed by atoms with Gasteiger partial charge in [-0.05, 0) is 81.4 Å². The van der Waals surface area contributed by atoms with E-state index in [1.165, 1.54) is 0 Å². The average molecular weight is 391 g/mol. The van der Waals surface area contributed by atoms with Crippen molar-refractivity contribution in [3.63, 3.8) is 0 Å². The molecule has 0 atom stereocenters. The third-order valence-corrected chi connectivity index (χ3v) is 3.95. The Kier molecular flexibility index (Phi) is 6.68. The van der Waals surface area contributed by atoms with Crippen molar-refractivity contribution >= 4 is 23.1 Å². The van der Waals surface area contributed by atoms with Gasteiger partial charge in [0.15, 0.2) is 0 Å². The number of carbonyl (C=O) groups is 1. The second kappa shape index (κ2) is 9.59. The lowest BCUT2D eigenvalue weighted by molar-refractivity contribution is 0.102. The third kappa shape index (κ3) is 5.97. The zero-order valence-electron chi connectivity index (χ0n) is 16.8. The monoisotopic (exact) mass is 391 g/mol. The SMILES string of the molecule is CCOc1ccc(Nc2ccc(C(=O)Nc3ccc(OC(C)C)cc3)cn2)cc1. The molecule has 0 radical (unpaired) electrons. The van der Waals surface area contributed by atoms with Crippen LogP contribution in [0.3, 0.4) is 0 Å². The smallest absolute Gasteiger partial charge is 0.257 e. The first-order valence-corrected chi connectivity index (χ1v) is 9.57. The lowest BCUT2D eigenvalue weighted by Gasteiger charge is -2.11. The first-order chi connectivity index (χ1) is 14.0. The van der Waals surface area contributed by atoms with Crippen molar-refractivity contribution in [1.29, 1.82) is 0 Å². The van der Waals surface area contributed by atoms with Crippen LogP contribution in [0.5, 0.6) is 11.5 Å². The van der Waals surface area contributed by atoms with E-state index < -0.39 is 0 Å². The number of rotatable bonds is 8. The van der Waals surface area contributed by atoms with Gasteiger partial charge in [-0.1, -0.05) is 0 Å². The van der Waals surface area contributed by atoms with E-state index in [0.29, 0.717) is 23.7 Å². The summed E-state index contributed by atoms with van der Waals surface area (Å²) in [4.78, 5) is 16.7. The quantitative estimate of drug-likeness (QED) is 0.548. The molecule has 0 saturated heterocycles. The van der Waals surface area contributed by atoms with Crippen LogP contribution in [0.1, 0.15) is 31.1 Å². The Morgan fingerprint density at radius 2 is 1.59 bits per heavy atom. The topological polar surface area (TPSA) is 72.5 Å². The van der Waals surface area contributed by atoms with E-state index in [-0.39, 0.29) is 12.0 Å². The fourth-order valence-electron chi connectivity index (χ4n) is 2.64. The molecule has 0 aliphatic carbocycles. The molecule has 0 bridgehead atoms. The Hall–Kier alpha value is -3.54. The zero-order chi connectivity index (χ0) is 20.6. The summed E-state index contributed by atoms with van der Waals surface area (Å²) in [5, 5.41) is 6.06. The summed E-state index contributed by atoms with van der Waals surface area (Å²) in [7, 11) is 0. The first kappa shape index (κ1) is 20.2. The van der Waals surface area contributed by atoms with Crippen molar-refractivity contribution in [1.82, 2.24) is 4.98 Å². The highest BCUT2D eigenvalue weighted by Crippen LogP contribution is 2.20. The number of pyridine rings is 1. The third-order valence-electron chi connectivity index (χ3n) is 3.95. The van der Waals surface area contributed by atoms with Gasteiger partial charge in [0.2, 0.25) is 0 Å². The number of aromatic nitrogens is 1. The summed E-state index contributed by atoms with van der Waals surface area (Å²) in [6.45, 7) is 6.52. The largest absolute Gasteiger partial charge is 0.494 e. The van der Waals surface area contributed by atoms with Gasteiger partial charge in [0.05, 0.1) is 18.3 Å². The van der Waals surface area contributed by atoms with Crippen LogP contribution in [0.25, 0.3) is 0 Å². The van der Waals surface area contributed by atoms with E-state index in [4.69, 9.17) is 9.47 Å². The molecule has 0 unspecified atom stereocenters. The Labute approximate surface area is 170 Å². The highest BCUT2D eigenvalue weighted by Gasteiger charge is 2.08. The van der Waals surface area contributed by atoms with Gasteiger partial charge < -0.3 is 20.1 Å². The molecule has 0 fully saturated rings. The molecule has 2 aromatic carbocycles. The predicted molar refractivity (Wildman–Crippen MR) is 115 cm³/mol. The van der Waals surface area contributed by atoms with Gasteiger partial charge in [-0.15, -0.1) is 0 Å². The summed E-state index contributed by atoms with van der Waals surface area (Å²) in [6, 6.07) is 18.4. The first-order valence-electron chi connectivity index (χ1n) is 9.57. The Balaban J connectivity index is 1.58. The van der Waals surface area contributed by atoms with E-state index >= 15 is 0 Å². The Morgan fingerprint density at radius 3 is 2.17 bits per heavy atom. The summed E-state index contributed by atoms with van der Waals surface area (Å²) < 4.78 is 11.0. The van der Waals surface area contributed by atoms with Gasteiger partial charge in [-0.25, -0.2) is 4.98 Å². The second-order valence-corrected chi connectivity index (χ2v) is 6.66. The maximum atomic E-state index is 12.4. The average Bonchev–Trinajstić information content (AvgIpc) is 2.71. The lowest BCUT2D eigenvalue weighted by Crippen LogP contribution is -2.12. The van der Waals surface area contributed by atoms with E-state index in [1.807, 2.05) is 69.3 Å². The summed E-state index contributed by atoms with van der Waals surface area (Å²) >= 11 is 0. The van der Waals surface area contributed by atoms with Gasteiger partial charge in [0, 0.05) is 17.6 Å². The second-order valence-electron chi connectivity index (χ2n) is 6.66. The van der Waals surface area contributed by atoms with Gasteiger partial charge in [0.25, 0.3) is 5.91 Å². The molecule has 3 rings (SSSR count). The van der Waals surface area contributed by atoms with E-state index in [0.717, 1.165) is 17.2 Å². The number of hydrogen-bond donors (Lipinski definition) is 2. The van der Waals surface area contributed by atoms with E-state index in [9.17, 15) is 4.79 Å². The van der Waals surface area contributed by atoms with Crippen molar-refractivity contribution < 1.29 is 14.3 Å².